The Balaban J connectivity index is 2.13. The summed E-state index contributed by atoms with van der Waals surface area (Å²) in [5.41, 5.74) is 5.38. The first-order valence-electron chi connectivity index (χ1n) is 5.63. The number of nitrogens with two attached hydrogens (primary N) is 1. The smallest absolute Gasteiger partial charge is 0.253 e. The first-order chi connectivity index (χ1) is 9.28. The maximum Gasteiger partial charge on any atom is 0.253 e. The second-order valence-corrected chi connectivity index (χ2v) is 3.57. The second kappa shape index (κ2) is 6.05. The van der Waals surface area contributed by atoms with Crippen LogP contribution >= 0.6 is 0 Å². The predicted octanol–water partition coefficient (Wildman–Crippen LogP) is 1.12. The highest BCUT2D eigenvalue weighted by Crippen LogP contribution is 2.37. The van der Waals surface area contributed by atoms with Crippen LogP contribution in [0.3, 0.4) is 0 Å². The molecule has 0 aliphatic rings. The number of nitrogens with zero attached hydrogens (tertiary/aromatic N) is 2. The van der Waals surface area contributed by atoms with Crippen molar-refractivity contribution < 1.29 is 18.6 Å². The predicted molar refractivity (Wildman–Crippen MR) is 66.1 cm³/mol. The molecule has 102 valence electrons. The molecule has 0 aliphatic heterocycles. The fourth-order valence-electron chi connectivity index (χ4n) is 1.52. The van der Waals surface area contributed by atoms with Gasteiger partial charge in [-0.3, -0.25) is 0 Å². The average Bonchev–Trinajstić information content (AvgIpc) is 2.92. The van der Waals surface area contributed by atoms with Crippen LogP contribution in [0.4, 0.5) is 0 Å². The number of ether oxygens (including phenoxy) is 3. The van der Waals surface area contributed by atoms with Crippen molar-refractivity contribution in [3.8, 4) is 17.2 Å². The minimum atomic E-state index is 0.115. The van der Waals surface area contributed by atoms with Crippen LogP contribution < -0.4 is 19.9 Å². The SMILES string of the molecule is COc1cccc(OC)c1OCc1nnc(CN)o1. The molecule has 0 radical (unpaired) electrons. The zero-order valence-electron chi connectivity index (χ0n) is 10.8. The van der Waals surface area contributed by atoms with Crippen molar-refractivity contribution in [2.24, 2.45) is 5.73 Å². The fourth-order valence-corrected chi connectivity index (χ4v) is 1.52. The van der Waals surface area contributed by atoms with E-state index >= 15 is 0 Å². The van der Waals surface area contributed by atoms with Gasteiger partial charge in [0, 0.05) is 0 Å². The molecule has 0 fully saturated rings. The van der Waals surface area contributed by atoms with E-state index in [2.05, 4.69) is 10.2 Å². The molecule has 19 heavy (non-hydrogen) atoms. The van der Waals surface area contributed by atoms with Crippen molar-refractivity contribution in [3.05, 3.63) is 30.0 Å². The van der Waals surface area contributed by atoms with Crippen molar-refractivity contribution >= 4 is 0 Å². The molecule has 2 aromatic rings. The van der Waals surface area contributed by atoms with Crippen molar-refractivity contribution in [2.45, 2.75) is 13.2 Å². The third-order valence-corrected chi connectivity index (χ3v) is 2.41. The summed E-state index contributed by atoms with van der Waals surface area (Å²) >= 11 is 0. The summed E-state index contributed by atoms with van der Waals surface area (Å²) in [6.45, 7) is 0.314. The summed E-state index contributed by atoms with van der Waals surface area (Å²) in [5, 5.41) is 7.56. The molecular formula is C12H15N3O4. The van der Waals surface area contributed by atoms with Gasteiger partial charge in [-0.1, -0.05) is 6.07 Å². The molecule has 2 N–H and O–H groups in total. The minimum Gasteiger partial charge on any atom is -0.493 e. The van der Waals surface area contributed by atoms with Gasteiger partial charge < -0.3 is 24.4 Å². The van der Waals surface area contributed by atoms with E-state index in [1.54, 1.807) is 26.4 Å². The Morgan fingerprint density at radius 3 is 2.26 bits per heavy atom. The third-order valence-electron chi connectivity index (χ3n) is 2.41. The molecule has 1 heterocycles. The van der Waals surface area contributed by atoms with Crippen LogP contribution in [0.1, 0.15) is 11.8 Å². The zero-order chi connectivity index (χ0) is 13.7. The number of para-hydroxylation sites is 1. The number of rotatable bonds is 6. The first kappa shape index (κ1) is 13.2. The van der Waals surface area contributed by atoms with E-state index in [1.807, 2.05) is 6.07 Å². The van der Waals surface area contributed by atoms with Gasteiger partial charge in [0.05, 0.1) is 20.8 Å². The molecular weight excluding hydrogens is 250 g/mol. The van der Waals surface area contributed by atoms with Gasteiger partial charge in [-0.05, 0) is 12.1 Å². The Kier molecular flexibility index (Phi) is 4.19. The largest absolute Gasteiger partial charge is 0.493 e. The van der Waals surface area contributed by atoms with Gasteiger partial charge >= 0.3 is 0 Å². The monoisotopic (exact) mass is 265 g/mol. The quantitative estimate of drug-likeness (QED) is 0.836. The van der Waals surface area contributed by atoms with E-state index in [0.29, 0.717) is 29.0 Å². The average molecular weight is 265 g/mol. The van der Waals surface area contributed by atoms with Gasteiger partial charge in [-0.25, -0.2) is 0 Å². The lowest BCUT2D eigenvalue weighted by Crippen LogP contribution is -2.00. The summed E-state index contributed by atoms with van der Waals surface area (Å²) in [6, 6.07) is 5.36. The molecule has 1 aromatic carbocycles. The molecule has 0 unspecified atom stereocenters. The van der Waals surface area contributed by atoms with E-state index in [-0.39, 0.29) is 13.2 Å². The number of aromatic nitrogens is 2. The summed E-state index contributed by atoms with van der Waals surface area (Å²) < 4.78 is 21.3. The van der Waals surface area contributed by atoms with Crippen molar-refractivity contribution in [3.63, 3.8) is 0 Å². The molecule has 7 nitrogen and oxygen atoms in total. The molecule has 0 amide bonds. The maximum absolute atomic E-state index is 5.61. The molecule has 7 heteroatoms. The first-order valence-corrected chi connectivity index (χ1v) is 5.63. The highest BCUT2D eigenvalue weighted by molar-refractivity contribution is 5.51. The fraction of sp³-hybridized carbons (Fsp3) is 0.333. The lowest BCUT2D eigenvalue weighted by atomic mass is 10.3. The zero-order valence-corrected chi connectivity index (χ0v) is 10.8. The topological polar surface area (TPSA) is 92.6 Å². The molecule has 0 saturated heterocycles. The van der Waals surface area contributed by atoms with E-state index in [9.17, 15) is 0 Å². The summed E-state index contributed by atoms with van der Waals surface area (Å²) in [6.07, 6.45) is 0. The molecule has 0 aliphatic carbocycles. The standard InChI is InChI=1S/C12H15N3O4/c1-16-8-4-3-5-9(17-2)12(8)18-7-11-15-14-10(6-13)19-11/h3-5H,6-7,13H2,1-2H3. The maximum atomic E-state index is 5.61. The van der Waals surface area contributed by atoms with E-state index in [1.165, 1.54) is 0 Å². The Morgan fingerprint density at radius 1 is 1.11 bits per heavy atom. The highest BCUT2D eigenvalue weighted by atomic mass is 16.5. The molecule has 0 bridgehead atoms. The van der Waals surface area contributed by atoms with Crippen molar-refractivity contribution in [1.29, 1.82) is 0 Å². The minimum absolute atomic E-state index is 0.115. The van der Waals surface area contributed by atoms with Gasteiger partial charge in [0.2, 0.25) is 11.6 Å². The van der Waals surface area contributed by atoms with Gasteiger partial charge in [0.15, 0.2) is 18.1 Å². The Bertz CT molecular complexity index is 519. The van der Waals surface area contributed by atoms with E-state index in [4.69, 9.17) is 24.4 Å². The number of hydrogen-bond donors (Lipinski definition) is 1. The molecule has 0 atom stereocenters. The summed E-state index contributed by atoms with van der Waals surface area (Å²) in [7, 11) is 3.11. The van der Waals surface area contributed by atoms with E-state index in [0.717, 1.165) is 0 Å². The molecule has 2 rings (SSSR count). The van der Waals surface area contributed by atoms with Crippen molar-refractivity contribution in [1.82, 2.24) is 10.2 Å². The number of hydrogen-bond acceptors (Lipinski definition) is 7. The molecule has 0 saturated carbocycles. The summed E-state index contributed by atoms with van der Waals surface area (Å²) in [4.78, 5) is 0. The van der Waals surface area contributed by atoms with Crippen LogP contribution in [0.5, 0.6) is 17.2 Å². The van der Waals surface area contributed by atoms with Gasteiger partial charge in [0.25, 0.3) is 5.89 Å². The summed E-state index contributed by atoms with van der Waals surface area (Å²) in [5.74, 6) is 2.33. The normalized spacial score (nSPS) is 10.3. The third kappa shape index (κ3) is 2.94. The van der Waals surface area contributed by atoms with Crippen LogP contribution in [-0.4, -0.2) is 24.4 Å². The van der Waals surface area contributed by atoms with Gasteiger partial charge in [0.1, 0.15) is 0 Å². The van der Waals surface area contributed by atoms with Crippen LogP contribution in [-0.2, 0) is 13.2 Å². The van der Waals surface area contributed by atoms with Crippen LogP contribution in [0.2, 0.25) is 0 Å². The van der Waals surface area contributed by atoms with Crippen LogP contribution in [0.25, 0.3) is 0 Å². The molecule has 1 aromatic heterocycles. The number of benzene rings is 1. The van der Waals surface area contributed by atoms with Gasteiger partial charge in [-0.15, -0.1) is 10.2 Å². The Labute approximate surface area is 110 Å². The lowest BCUT2D eigenvalue weighted by Gasteiger charge is -2.12. The number of methoxy groups -OCH3 is 2. The van der Waals surface area contributed by atoms with Crippen LogP contribution in [0.15, 0.2) is 22.6 Å². The molecule has 0 spiro atoms. The Hall–Kier alpha value is -2.28. The van der Waals surface area contributed by atoms with Crippen molar-refractivity contribution in [2.75, 3.05) is 14.2 Å². The van der Waals surface area contributed by atoms with E-state index < -0.39 is 0 Å². The Morgan fingerprint density at radius 2 is 1.74 bits per heavy atom. The highest BCUT2D eigenvalue weighted by Gasteiger charge is 2.13. The van der Waals surface area contributed by atoms with Gasteiger partial charge in [-0.2, -0.15) is 0 Å². The lowest BCUT2D eigenvalue weighted by molar-refractivity contribution is 0.235. The van der Waals surface area contributed by atoms with Crippen LogP contribution in [0, 0.1) is 0 Å². The second-order valence-electron chi connectivity index (χ2n) is 3.57.